The Bertz CT molecular complexity index is 456. The Hall–Kier alpha value is -1.88. The first-order valence-electron chi connectivity index (χ1n) is 6.51. The van der Waals surface area contributed by atoms with E-state index in [1.807, 2.05) is 6.07 Å². The van der Waals surface area contributed by atoms with Gasteiger partial charge in [-0.1, -0.05) is 12.1 Å². The van der Waals surface area contributed by atoms with Gasteiger partial charge < -0.3 is 10.5 Å². The van der Waals surface area contributed by atoms with Crippen molar-refractivity contribution < 1.29 is 14.3 Å². The molecule has 2 rings (SSSR count). The Kier molecular flexibility index (Phi) is 4.52. The number of nitrogens with two attached hydrogens (primary N) is 1. The first-order chi connectivity index (χ1) is 9.24. The second kappa shape index (κ2) is 6.33. The number of nitrogens with zero attached hydrogens (tertiary/aromatic N) is 1. The molecule has 1 heterocycles. The fourth-order valence-corrected chi connectivity index (χ4v) is 2.12. The monoisotopic (exact) mass is 262 g/mol. The van der Waals surface area contributed by atoms with Gasteiger partial charge in [-0.25, -0.2) is 4.90 Å². The van der Waals surface area contributed by atoms with Crippen molar-refractivity contribution in [3.63, 3.8) is 0 Å². The normalized spacial score (nSPS) is 16.4. The van der Waals surface area contributed by atoms with Crippen LogP contribution in [0.2, 0.25) is 0 Å². The molecule has 1 saturated heterocycles. The number of benzene rings is 1. The van der Waals surface area contributed by atoms with Crippen LogP contribution in [0, 0.1) is 0 Å². The summed E-state index contributed by atoms with van der Waals surface area (Å²) in [5.41, 5.74) is 5.93. The summed E-state index contributed by atoms with van der Waals surface area (Å²) in [6.45, 7) is 0.740. The molecule has 2 N–H and O–H groups in total. The molecule has 0 radical (unpaired) electrons. The summed E-state index contributed by atoms with van der Waals surface area (Å²) in [6, 6.07) is 7.07. The summed E-state index contributed by atoms with van der Waals surface area (Å²) in [5.74, 6) is 0.203. The Morgan fingerprint density at radius 3 is 2.37 bits per heavy atom. The van der Waals surface area contributed by atoms with Crippen LogP contribution in [0.3, 0.4) is 0 Å². The summed E-state index contributed by atoms with van der Waals surface area (Å²) in [4.78, 5) is 25.4. The van der Waals surface area contributed by atoms with Gasteiger partial charge in [-0.2, -0.15) is 0 Å². The van der Waals surface area contributed by atoms with Gasteiger partial charge >= 0.3 is 0 Å². The van der Waals surface area contributed by atoms with E-state index < -0.39 is 0 Å². The van der Waals surface area contributed by atoms with Crippen molar-refractivity contribution in [1.29, 1.82) is 0 Å². The van der Waals surface area contributed by atoms with Gasteiger partial charge in [0.25, 0.3) is 0 Å². The Balaban J connectivity index is 2.32. The van der Waals surface area contributed by atoms with Crippen molar-refractivity contribution in [3.8, 4) is 5.75 Å². The van der Waals surface area contributed by atoms with Gasteiger partial charge in [0.15, 0.2) is 0 Å². The van der Waals surface area contributed by atoms with Gasteiger partial charge in [-0.05, 0) is 25.0 Å². The molecule has 0 spiro atoms. The van der Waals surface area contributed by atoms with Crippen LogP contribution in [0.25, 0.3) is 0 Å². The van der Waals surface area contributed by atoms with Crippen molar-refractivity contribution in [3.05, 3.63) is 24.3 Å². The lowest BCUT2D eigenvalue weighted by atomic mass is 10.2. The highest BCUT2D eigenvalue weighted by Crippen LogP contribution is 2.30. The van der Waals surface area contributed by atoms with E-state index in [9.17, 15) is 9.59 Å². The second-order valence-electron chi connectivity index (χ2n) is 4.43. The molecular weight excluding hydrogens is 244 g/mol. The number of rotatable bonds is 4. The molecule has 0 bridgehead atoms. The van der Waals surface area contributed by atoms with Gasteiger partial charge in [0.2, 0.25) is 11.8 Å². The summed E-state index contributed by atoms with van der Waals surface area (Å²) in [6.07, 6.45) is 2.31. The molecule has 1 aliphatic rings. The average Bonchev–Trinajstić information content (AvgIpc) is 2.58. The van der Waals surface area contributed by atoms with Gasteiger partial charge in [0.1, 0.15) is 12.4 Å². The SMILES string of the molecule is NCCOc1ccccc1N1C(=O)CCCCC1=O. The molecule has 0 aliphatic carbocycles. The smallest absolute Gasteiger partial charge is 0.233 e. The van der Waals surface area contributed by atoms with Crippen LogP contribution in [-0.4, -0.2) is 25.0 Å². The molecule has 2 amide bonds. The van der Waals surface area contributed by atoms with Crippen molar-refractivity contribution in [2.45, 2.75) is 25.7 Å². The van der Waals surface area contributed by atoms with Gasteiger partial charge in [0, 0.05) is 19.4 Å². The third-order valence-electron chi connectivity index (χ3n) is 3.01. The highest BCUT2D eigenvalue weighted by Gasteiger charge is 2.27. The lowest BCUT2D eigenvalue weighted by molar-refractivity contribution is -0.125. The van der Waals surface area contributed by atoms with E-state index >= 15 is 0 Å². The number of anilines is 1. The standard InChI is InChI=1S/C14H18N2O3/c15-9-10-19-12-6-2-1-5-11(12)16-13(17)7-3-4-8-14(16)18/h1-2,5-6H,3-4,7-10,15H2. The molecule has 19 heavy (non-hydrogen) atoms. The zero-order chi connectivity index (χ0) is 13.7. The highest BCUT2D eigenvalue weighted by molar-refractivity contribution is 6.16. The molecule has 0 aromatic heterocycles. The third-order valence-corrected chi connectivity index (χ3v) is 3.01. The number of carbonyl (C=O) groups excluding carboxylic acids is 2. The number of para-hydroxylation sites is 2. The summed E-state index contributed by atoms with van der Waals surface area (Å²) < 4.78 is 5.51. The van der Waals surface area contributed by atoms with Crippen LogP contribution in [0.15, 0.2) is 24.3 Å². The van der Waals surface area contributed by atoms with E-state index in [2.05, 4.69) is 0 Å². The summed E-state index contributed by atoms with van der Waals surface area (Å²) >= 11 is 0. The number of amides is 2. The quantitative estimate of drug-likeness (QED) is 0.834. The third kappa shape index (κ3) is 3.12. The molecule has 1 aliphatic heterocycles. The van der Waals surface area contributed by atoms with Crippen LogP contribution in [0.1, 0.15) is 25.7 Å². The summed E-state index contributed by atoms with van der Waals surface area (Å²) in [5, 5.41) is 0. The van der Waals surface area contributed by atoms with Crippen LogP contribution in [0.5, 0.6) is 5.75 Å². The second-order valence-corrected chi connectivity index (χ2v) is 4.43. The van der Waals surface area contributed by atoms with E-state index in [-0.39, 0.29) is 11.8 Å². The van der Waals surface area contributed by atoms with Crippen LogP contribution in [-0.2, 0) is 9.59 Å². The fraction of sp³-hybridized carbons (Fsp3) is 0.429. The van der Waals surface area contributed by atoms with Crippen LogP contribution < -0.4 is 15.4 Å². The van der Waals surface area contributed by atoms with Crippen LogP contribution >= 0.6 is 0 Å². The molecule has 0 saturated carbocycles. The lowest BCUT2D eigenvalue weighted by Gasteiger charge is -2.21. The van der Waals surface area contributed by atoms with Crippen molar-refractivity contribution >= 4 is 17.5 Å². The molecular formula is C14H18N2O3. The maximum absolute atomic E-state index is 12.1. The number of hydrogen-bond acceptors (Lipinski definition) is 4. The van der Waals surface area contributed by atoms with Crippen molar-refractivity contribution in [2.75, 3.05) is 18.1 Å². The topological polar surface area (TPSA) is 72.6 Å². The minimum atomic E-state index is -0.161. The van der Waals surface area contributed by atoms with E-state index in [0.29, 0.717) is 37.4 Å². The minimum absolute atomic E-state index is 0.161. The molecule has 5 nitrogen and oxygen atoms in total. The Morgan fingerprint density at radius 1 is 1.11 bits per heavy atom. The largest absolute Gasteiger partial charge is 0.490 e. The number of ether oxygens (including phenoxy) is 1. The maximum atomic E-state index is 12.1. The minimum Gasteiger partial charge on any atom is -0.490 e. The van der Waals surface area contributed by atoms with Gasteiger partial charge in [-0.3, -0.25) is 9.59 Å². The maximum Gasteiger partial charge on any atom is 0.233 e. The van der Waals surface area contributed by atoms with Crippen molar-refractivity contribution in [1.82, 2.24) is 0 Å². The van der Waals surface area contributed by atoms with Crippen LogP contribution in [0.4, 0.5) is 5.69 Å². The first-order valence-corrected chi connectivity index (χ1v) is 6.51. The van der Waals surface area contributed by atoms with Gasteiger partial charge in [-0.15, -0.1) is 0 Å². The molecule has 102 valence electrons. The highest BCUT2D eigenvalue weighted by atomic mass is 16.5. The van der Waals surface area contributed by atoms with E-state index in [0.717, 1.165) is 12.8 Å². The average molecular weight is 262 g/mol. The number of imide groups is 1. The molecule has 5 heteroatoms. The predicted molar refractivity (Wildman–Crippen MR) is 72.0 cm³/mol. The zero-order valence-electron chi connectivity index (χ0n) is 10.8. The molecule has 0 atom stereocenters. The van der Waals surface area contributed by atoms with E-state index in [4.69, 9.17) is 10.5 Å². The summed E-state index contributed by atoms with van der Waals surface area (Å²) in [7, 11) is 0. The zero-order valence-corrected chi connectivity index (χ0v) is 10.8. The Morgan fingerprint density at radius 2 is 1.74 bits per heavy atom. The van der Waals surface area contributed by atoms with Crippen molar-refractivity contribution in [2.24, 2.45) is 5.73 Å². The van der Waals surface area contributed by atoms with E-state index in [1.165, 1.54) is 4.90 Å². The molecule has 0 unspecified atom stereocenters. The van der Waals surface area contributed by atoms with E-state index in [1.54, 1.807) is 18.2 Å². The number of carbonyl (C=O) groups is 2. The number of hydrogen-bond donors (Lipinski definition) is 1. The molecule has 1 aromatic carbocycles. The Labute approximate surface area is 112 Å². The lowest BCUT2D eigenvalue weighted by Crippen LogP contribution is -2.35. The molecule has 1 fully saturated rings. The fourth-order valence-electron chi connectivity index (χ4n) is 2.12. The first kappa shape index (κ1) is 13.5. The van der Waals surface area contributed by atoms with Gasteiger partial charge in [0.05, 0.1) is 5.69 Å². The molecule has 1 aromatic rings. The predicted octanol–water partition coefficient (Wildman–Crippen LogP) is 1.46.